The second-order valence-corrected chi connectivity index (χ2v) is 6.12. The average Bonchev–Trinajstić information content (AvgIpc) is 3.12. The van der Waals surface area contributed by atoms with Crippen molar-refractivity contribution in [3.63, 3.8) is 0 Å². The maximum absolute atomic E-state index is 5.90. The Kier molecular flexibility index (Phi) is 9.90. The van der Waals surface area contributed by atoms with Crippen LogP contribution in [0.3, 0.4) is 0 Å². The molecule has 0 amide bonds. The Labute approximate surface area is 176 Å². The maximum atomic E-state index is 5.90. The third kappa shape index (κ3) is 7.24. The number of guanidine groups is 1. The van der Waals surface area contributed by atoms with E-state index in [0.717, 1.165) is 17.8 Å². The summed E-state index contributed by atoms with van der Waals surface area (Å²) in [6.07, 6.45) is 1.53. The molecule has 0 aliphatic heterocycles. The van der Waals surface area contributed by atoms with Gasteiger partial charge in [0.25, 0.3) is 0 Å². The minimum Gasteiger partial charge on any atom is -0.493 e. The van der Waals surface area contributed by atoms with E-state index in [2.05, 4.69) is 20.4 Å². The largest absolute Gasteiger partial charge is 0.493 e. The number of halogens is 1. The molecule has 8 nitrogen and oxygen atoms in total. The molecule has 0 aliphatic rings. The van der Waals surface area contributed by atoms with Gasteiger partial charge in [-0.05, 0) is 24.1 Å². The molecule has 150 valence electrons. The minimum absolute atomic E-state index is 0. The highest BCUT2D eigenvalue weighted by molar-refractivity contribution is 14.0. The van der Waals surface area contributed by atoms with Gasteiger partial charge in [-0.1, -0.05) is 25.1 Å². The second kappa shape index (κ2) is 11.6. The fourth-order valence-electron chi connectivity index (χ4n) is 2.27. The van der Waals surface area contributed by atoms with E-state index in [1.807, 2.05) is 32.0 Å². The standard InChI is InChI=1S/C18H27N5O3.HI/c1-12(2)17-22-16(26-23-17)6-5-9-20-18(19)21-11-13-7-8-14(24-3)15(10-13)25-4;/h7-8,10,12H,5-6,9,11H2,1-4H3,(H3,19,20,21);1H. The zero-order valence-electron chi connectivity index (χ0n) is 16.2. The van der Waals surface area contributed by atoms with Gasteiger partial charge < -0.3 is 25.0 Å². The predicted molar refractivity (Wildman–Crippen MR) is 115 cm³/mol. The number of nitrogens with one attached hydrogen (secondary N) is 1. The number of aromatic nitrogens is 2. The first kappa shape index (κ1) is 23.0. The van der Waals surface area contributed by atoms with Gasteiger partial charge in [-0.15, -0.1) is 24.0 Å². The highest BCUT2D eigenvalue weighted by Crippen LogP contribution is 2.27. The molecule has 9 heteroatoms. The third-order valence-electron chi connectivity index (χ3n) is 3.75. The Morgan fingerprint density at radius 3 is 2.63 bits per heavy atom. The highest BCUT2D eigenvalue weighted by atomic mass is 127. The van der Waals surface area contributed by atoms with Crippen molar-refractivity contribution in [1.29, 1.82) is 0 Å². The highest BCUT2D eigenvalue weighted by Gasteiger charge is 2.09. The van der Waals surface area contributed by atoms with Gasteiger partial charge in [0.05, 0.1) is 20.8 Å². The van der Waals surface area contributed by atoms with E-state index in [0.29, 0.717) is 42.9 Å². The summed E-state index contributed by atoms with van der Waals surface area (Å²) in [4.78, 5) is 8.68. The Balaban J connectivity index is 0.00000364. The Bertz CT molecular complexity index is 734. The van der Waals surface area contributed by atoms with Gasteiger partial charge in [0.15, 0.2) is 23.3 Å². The van der Waals surface area contributed by atoms with E-state index < -0.39 is 0 Å². The van der Waals surface area contributed by atoms with E-state index in [1.54, 1.807) is 14.2 Å². The zero-order valence-corrected chi connectivity index (χ0v) is 18.5. The number of benzene rings is 1. The number of hydrogen-bond donors (Lipinski definition) is 2. The predicted octanol–water partition coefficient (Wildman–Crippen LogP) is 2.87. The van der Waals surface area contributed by atoms with E-state index in [1.165, 1.54) is 0 Å². The first-order valence-electron chi connectivity index (χ1n) is 8.60. The van der Waals surface area contributed by atoms with Crippen LogP contribution >= 0.6 is 24.0 Å². The summed E-state index contributed by atoms with van der Waals surface area (Å²) < 4.78 is 15.7. The van der Waals surface area contributed by atoms with Crippen LogP contribution in [0.1, 0.15) is 43.5 Å². The molecule has 1 heterocycles. The van der Waals surface area contributed by atoms with Gasteiger partial charge in [-0.25, -0.2) is 4.99 Å². The van der Waals surface area contributed by atoms with Crippen LogP contribution in [0.25, 0.3) is 0 Å². The van der Waals surface area contributed by atoms with Crippen LogP contribution in [-0.4, -0.2) is 36.9 Å². The number of aliphatic imine (C=N–C) groups is 1. The number of nitrogens with two attached hydrogens (primary N) is 1. The molecule has 0 bridgehead atoms. The topological polar surface area (TPSA) is 108 Å². The lowest BCUT2D eigenvalue weighted by Gasteiger charge is -2.09. The molecule has 0 spiro atoms. The molecule has 1 aromatic heterocycles. The summed E-state index contributed by atoms with van der Waals surface area (Å²) >= 11 is 0. The molecule has 1 aromatic carbocycles. The van der Waals surface area contributed by atoms with Crippen molar-refractivity contribution in [3.05, 3.63) is 35.5 Å². The number of aryl methyl sites for hydroxylation is 1. The van der Waals surface area contributed by atoms with Gasteiger partial charge in [0, 0.05) is 18.9 Å². The summed E-state index contributed by atoms with van der Waals surface area (Å²) in [5.74, 6) is 3.42. The smallest absolute Gasteiger partial charge is 0.226 e. The van der Waals surface area contributed by atoms with Crippen molar-refractivity contribution in [2.24, 2.45) is 10.7 Å². The van der Waals surface area contributed by atoms with Gasteiger partial charge in [-0.2, -0.15) is 4.98 Å². The fourth-order valence-corrected chi connectivity index (χ4v) is 2.27. The first-order chi connectivity index (χ1) is 12.5. The normalized spacial score (nSPS) is 11.2. The number of nitrogens with zero attached hydrogens (tertiary/aromatic N) is 3. The zero-order chi connectivity index (χ0) is 18.9. The summed E-state index contributed by atoms with van der Waals surface area (Å²) in [5, 5.41) is 7.03. The fraction of sp³-hybridized carbons (Fsp3) is 0.500. The molecule has 27 heavy (non-hydrogen) atoms. The van der Waals surface area contributed by atoms with Gasteiger partial charge in [0.1, 0.15) is 0 Å². The molecule has 3 N–H and O–H groups in total. The third-order valence-corrected chi connectivity index (χ3v) is 3.75. The van der Waals surface area contributed by atoms with Crippen LogP contribution in [0.2, 0.25) is 0 Å². The number of ether oxygens (including phenoxy) is 2. The van der Waals surface area contributed by atoms with Crippen LogP contribution in [-0.2, 0) is 13.0 Å². The molecule has 0 fully saturated rings. The molecular weight excluding hydrogens is 461 g/mol. The SMILES string of the molecule is COc1ccc(CN=C(N)NCCCc2nc(C(C)C)no2)cc1OC.I. The first-order valence-corrected chi connectivity index (χ1v) is 8.60. The molecule has 0 radical (unpaired) electrons. The average molecular weight is 489 g/mol. The lowest BCUT2D eigenvalue weighted by atomic mass is 10.2. The molecule has 0 unspecified atom stereocenters. The van der Waals surface area contributed by atoms with Gasteiger partial charge in [-0.3, -0.25) is 0 Å². The maximum Gasteiger partial charge on any atom is 0.226 e. The molecule has 2 aromatic rings. The van der Waals surface area contributed by atoms with Crippen LogP contribution in [0, 0.1) is 0 Å². The van der Waals surface area contributed by atoms with E-state index in [4.69, 9.17) is 19.7 Å². The quantitative estimate of drug-likeness (QED) is 0.241. The Morgan fingerprint density at radius 2 is 2.00 bits per heavy atom. The molecule has 0 saturated heterocycles. The lowest BCUT2D eigenvalue weighted by molar-refractivity contribution is 0.354. The van der Waals surface area contributed by atoms with Crippen molar-refractivity contribution < 1.29 is 14.0 Å². The molecular formula is C18H28IN5O3. The van der Waals surface area contributed by atoms with Crippen LogP contribution < -0.4 is 20.5 Å². The van der Waals surface area contributed by atoms with Gasteiger partial charge >= 0.3 is 0 Å². The van der Waals surface area contributed by atoms with Crippen LogP contribution in [0.4, 0.5) is 0 Å². The summed E-state index contributed by atoms with van der Waals surface area (Å²) in [6.45, 7) is 5.21. The summed E-state index contributed by atoms with van der Waals surface area (Å²) in [6, 6.07) is 5.67. The lowest BCUT2D eigenvalue weighted by Crippen LogP contribution is -2.32. The Morgan fingerprint density at radius 1 is 1.26 bits per heavy atom. The van der Waals surface area contributed by atoms with Crippen molar-refractivity contribution in [2.75, 3.05) is 20.8 Å². The summed E-state index contributed by atoms with van der Waals surface area (Å²) in [7, 11) is 3.21. The van der Waals surface area contributed by atoms with Gasteiger partial charge in [0.2, 0.25) is 5.89 Å². The second-order valence-electron chi connectivity index (χ2n) is 6.12. The molecule has 0 saturated carbocycles. The Hall–Kier alpha value is -2.04. The van der Waals surface area contributed by atoms with E-state index >= 15 is 0 Å². The van der Waals surface area contributed by atoms with Crippen molar-refractivity contribution in [3.8, 4) is 11.5 Å². The molecule has 0 aliphatic carbocycles. The number of hydrogen-bond acceptors (Lipinski definition) is 6. The number of methoxy groups -OCH3 is 2. The molecule has 2 rings (SSSR count). The number of rotatable bonds is 9. The monoisotopic (exact) mass is 489 g/mol. The van der Waals surface area contributed by atoms with E-state index in [-0.39, 0.29) is 29.9 Å². The summed E-state index contributed by atoms with van der Waals surface area (Å²) in [5.41, 5.74) is 6.89. The minimum atomic E-state index is 0. The van der Waals surface area contributed by atoms with Crippen molar-refractivity contribution in [1.82, 2.24) is 15.5 Å². The van der Waals surface area contributed by atoms with Crippen molar-refractivity contribution >= 4 is 29.9 Å². The molecule has 0 atom stereocenters. The van der Waals surface area contributed by atoms with Crippen LogP contribution in [0.5, 0.6) is 11.5 Å². The van der Waals surface area contributed by atoms with Crippen LogP contribution in [0.15, 0.2) is 27.7 Å². The van der Waals surface area contributed by atoms with Crippen molar-refractivity contribution in [2.45, 2.75) is 39.2 Å². The van der Waals surface area contributed by atoms with E-state index in [9.17, 15) is 0 Å².